The van der Waals surface area contributed by atoms with Gasteiger partial charge in [0, 0.05) is 45.2 Å². The summed E-state index contributed by atoms with van der Waals surface area (Å²) in [5, 5.41) is 0. The number of rotatable bonds is 11. The highest BCUT2D eigenvalue weighted by molar-refractivity contribution is 5.46. The van der Waals surface area contributed by atoms with Crippen molar-refractivity contribution in [3.8, 4) is 17.2 Å². The first-order valence-corrected chi connectivity index (χ1v) is 10.9. The summed E-state index contributed by atoms with van der Waals surface area (Å²) in [6, 6.07) is 15.9. The Hall–Kier alpha value is -3.03. The van der Waals surface area contributed by atoms with Crippen LogP contribution in [0.25, 0.3) is 0 Å². The molecule has 0 saturated heterocycles. The van der Waals surface area contributed by atoms with Crippen molar-refractivity contribution in [1.82, 2.24) is 14.5 Å². The van der Waals surface area contributed by atoms with E-state index in [-0.39, 0.29) is 6.79 Å². The summed E-state index contributed by atoms with van der Waals surface area (Å²) in [5.74, 6) is 3.19. The molecular formula is C25H31N3O4. The molecule has 0 fully saturated rings. The van der Waals surface area contributed by atoms with Crippen LogP contribution in [-0.2, 0) is 17.4 Å². The maximum absolute atomic E-state index is 6.44. The van der Waals surface area contributed by atoms with Gasteiger partial charge in [0.05, 0.1) is 0 Å². The highest BCUT2D eigenvalue weighted by atomic mass is 16.7. The van der Waals surface area contributed by atoms with Gasteiger partial charge in [-0.3, -0.25) is 0 Å². The number of nitrogens with zero attached hydrogens (tertiary/aromatic N) is 3. The average Bonchev–Trinajstić information content (AvgIpc) is 3.46. The molecule has 1 aliphatic rings. The Kier molecular flexibility index (Phi) is 6.97. The predicted molar refractivity (Wildman–Crippen MR) is 122 cm³/mol. The molecule has 0 N–H and O–H groups in total. The van der Waals surface area contributed by atoms with Crippen molar-refractivity contribution in [3.05, 3.63) is 72.3 Å². The number of aromatic nitrogens is 2. The van der Waals surface area contributed by atoms with Crippen LogP contribution in [0.15, 0.2) is 60.9 Å². The van der Waals surface area contributed by atoms with Gasteiger partial charge in [-0.15, -0.1) is 0 Å². The summed E-state index contributed by atoms with van der Waals surface area (Å²) in [4.78, 5) is 6.81. The number of likely N-dealkylation sites (N-methyl/N-ethyl adjacent to an activating group) is 1. The van der Waals surface area contributed by atoms with E-state index >= 15 is 0 Å². The molecule has 0 radical (unpaired) electrons. The number of hydrogen-bond acceptors (Lipinski definition) is 6. The first kappa shape index (κ1) is 22.2. The van der Waals surface area contributed by atoms with Crippen LogP contribution in [0, 0.1) is 0 Å². The molecule has 2 heterocycles. The van der Waals surface area contributed by atoms with Gasteiger partial charge < -0.3 is 28.4 Å². The topological polar surface area (TPSA) is 58.0 Å². The van der Waals surface area contributed by atoms with Crippen LogP contribution >= 0.6 is 0 Å². The molecule has 1 atom stereocenters. The fourth-order valence-corrected chi connectivity index (χ4v) is 3.87. The minimum atomic E-state index is -0.597. The molecule has 0 amide bonds. The second-order valence-corrected chi connectivity index (χ2v) is 8.13. The second-order valence-electron chi connectivity index (χ2n) is 8.13. The highest BCUT2D eigenvalue weighted by Gasteiger charge is 2.33. The van der Waals surface area contributed by atoms with E-state index in [1.165, 1.54) is 0 Å². The summed E-state index contributed by atoms with van der Waals surface area (Å²) in [7, 11) is 4.10. The molecule has 4 rings (SSSR count). The maximum Gasteiger partial charge on any atom is 0.231 e. The lowest BCUT2D eigenvalue weighted by molar-refractivity contribution is -0.0158. The number of benzene rings is 2. The van der Waals surface area contributed by atoms with Gasteiger partial charge in [-0.2, -0.15) is 0 Å². The van der Waals surface area contributed by atoms with Crippen LogP contribution in [0.5, 0.6) is 17.2 Å². The molecule has 170 valence electrons. The predicted octanol–water partition coefficient (Wildman–Crippen LogP) is 3.83. The van der Waals surface area contributed by atoms with Gasteiger partial charge >= 0.3 is 0 Å². The van der Waals surface area contributed by atoms with Crippen LogP contribution in [0.4, 0.5) is 0 Å². The summed E-state index contributed by atoms with van der Waals surface area (Å²) < 4.78 is 25.0. The molecule has 1 aliphatic heterocycles. The Morgan fingerprint density at radius 1 is 1.06 bits per heavy atom. The van der Waals surface area contributed by atoms with Gasteiger partial charge in [0.25, 0.3) is 0 Å². The van der Waals surface area contributed by atoms with Crippen molar-refractivity contribution in [2.75, 3.05) is 40.1 Å². The summed E-state index contributed by atoms with van der Waals surface area (Å²) in [5.41, 5.74) is 0.500. The lowest BCUT2D eigenvalue weighted by Gasteiger charge is -2.30. The van der Waals surface area contributed by atoms with Gasteiger partial charge in [-0.25, -0.2) is 4.98 Å². The summed E-state index contributed by atoms with van der Waals surface area (Å²) >= 11 is 0. The minimum Gasteiger partial charge on any atom is -0.492 e. The van der Waals surface area contributed by atoms with Gasteiger partial charge in [0.2, 0.25) is 6.79 Å². The third kappa shape index (κ3) is 5.06. The maximum atomic E-state index is 6.44. The lowest BCUT2D eigenvalue weighted by Crippen LogP contribution is -2.32. The molecule has 0 spiro atoms. The number of fused-ring (bicyclic) bond motifs is 1. The Morgan fingerprint density at radius 3 is 2.66 bits per heavy atom. The second kappa shape index (κ2) is 10.1. The van der Waals surface area contributed by atoms with Crippen molar-refractivity contribution in [3.63, 3.8) is 0 Å². The van der Waals surface area contributed by atoms with E-state index in [9.17, 15) is 0 Å². The van der Waals surface area contributed by atoms with Gasteiger partial charge in [-0.05, 0) is 38.1 Å². The first-order chi connectivity index (χ1) is 15.6. The van der Waals surface area contributed by atoms with Crippen LogP contribution < -0.4 is 14.2 Å². The molecule has 32 heavy (non-hydrogen) atoms. The smallest absolute Gasteiger partial charge is 0.231 e. The van der Waals surface area contributed by atoms with Gasteiger partial charge in [0.15, 0.2) is 11.5 Å². The molecule has 0 saturated carbocycles. The van der Waals surface area contributed by atoms with Gasteiger partial charge in [0.1, 0.15) is 23.8 Å². The fraction of sp³-hybridized carbons (Fsp3) is 0.400. The number of ether oxygens (including phenoxy) is 4. The Morgan fingerprint density at radius 2 is 1.88 bits per heavy atom. The van der Waals surface area contributed by atoms with Crippen LogP contribution in [0.2, 0.25) is 0 Å². The molecule has 2 aromatic carbocycles. The van der Waals surface area contributed by atoms with E-state index in [1.54, 1.807) is 0 Å². The van der Waals surface area contributed by atoms with Gasteiger partial charge in [-0.1, -0.05) is 30.3 Å². The lowest BCUT2D eigenvalue weighted by atomic mass is 9.94. The number of hydrogen-bond donors (Lipinski definition) is 0. The largest absolute Gasteiger partial charge is 0.492 e. The average molecular weight is 438 g/mol. The summed E-state index contributed by atoms with van der Waals surface area (Å²) in [6.45, 7) is 5.33. The standard InChI is InChI=1S/C25H31N3O4/c1-25(20-8-5-4-6-9-20,24-26-12-14-28(24)3)32-16-7-13-27(2)15-17-29-21-10-11-22-23(18-21)31-19-30-22/h4-6,8-12,14,18H,7,13,15-17,19H2,1-3H3. The molecular weight excluding hydrogens is 406 g/mol. The fourth-order valence-electron chi connectivity index (χ4n) is 3.87. The number of imidazole rings is 1. The zero-order chi connectivity index (χ0) is 22.4. The van der Waals surface area contributed by atoms with Crippen LogP contribution in [0.3, 0.4) is 0 Å². The zero-order valence-electron chi connectivity index (χ0n) is 19.0. The molecule has 0 bridgehead atoms. The SMILES string of the molecule is CN(CCCOC(C)(c1ccccc1)c1nccn1C)CCOc1ccc2c(c1)OCO2. The van der Waals surface area contributed by atoms with Crippen molar-refractivity contribution in [2.24, 2.45) is 7.05 Å². The molecule has 1 aromatic heterocycles. The van der Waals surface area contributed by atoms with E-state index in [1.807, 2.05) is 60.4 Å². The Balaban J connectivity index is 1.24. The zero-order valence-corrected chi connectivity index (χ0v) is 19.0. The highest BCUT2D eigenvalue weighted by Crippen LogP contribution is 2.35. The molecule has 0 aliphatic carbocycles. The Labute approximate surface area is 189 Å². The first-order valence-electron chi connectivity index (χ1n) is 10.9. The monoisotopic (exact) mass is 437 g/mol. The van der Waals surface area contributed by atoms with E-state index in [4.69, 9.17) is 18.9 Å². The Bertz CT molecular complexity index is 1010. The normalized spacial score (nSPS) is 14.5. The van der Waals surface area contributed by atoms with Crippen LogP contribution in [-0.4, -0.2) is 54.6 Å². The third-order valence-electron chi connectivity index (χ3n) is 5.73. The van der Waals surface area contributed by atoms with Crippen LogP contribution in [0.1, 0.15) is 24.7 Å². The molecule has 1 unspecified atom stereocenters. The molecule has 7 nitrogen and oxygen atoms in total. The van der Waals surface area contributed by atoms with E-state index < -0.39 is 5.60 Å². The number of aryl methyl sites for hydroxylation is 1. The minimum absolute atomic E-state index is 0.271. The van der Waals surface area contributed by atoms with E-state index in [0.29, 0.717) is 13.2 Å². The third-order valence-corrected chi connectivity index (χ3v) is 5.73. The van der Waals surface area contributed by atoms with Crippen molar-refractivity contribution in [1.29, 1.82) is 0 Å². The van der Waals surface area contributed by atoms with Crippen molar-refractivity contribution >= 4 is 0 Å². The van der Waals surface area contributed by atoms with Crippen molar-refractivity contribution < 1.29 is 18.9 Å². The van der Waals surface area contributed by atoms with Crippen molar-refractivity contribution in [2.45, 2.75) is 18.9 Å². The molecule has 7 heteroatoms. The quantitative estimate of drug-likeness (QED) is 0.425. The van der Waals surface area contributed by atoms with E-state index in [2.05, 4.69) is 36.0 Å². The molecule has 3 aromatic rings. The van der Waals surface area contributed by atoms with E-state index in [0.717, 1.165) is 48.1 Å². The summed E-state index contributed by atoms with van der Waals surface area (Å²) in [6.07, 6.45) is 4.68.